The summed E-state index contributed by atoms with van der Waals surface area (Å²) in [5.41, 5.74) is 1.52. The number of nitrogens with zero attached hydrogens (tertiary/aromatic N) is 1. The van der Waals surface area contributed by atoms with Gasteiger partial charge in [-0.15, -0.1) is 0 Å². The molecule has 1 aliphatic rings. The lowest BCUT2D eigenvalue weighted by Gasteiger charge is -2.05. The van der Waals surface area contributed by atoms with Crippen molar-refractivity contribution in [3.05, 3.63) is 53.9 Å². The molecule has 1 amide bonds. The Morgan fingerprint density at radius 1 is 1.20 bits per heavy atom. The smallest absolute Gasteiger partial charge is 0.269 e. The van der Waals surface area contributed by atoms with Crippen LogP contribution in [-0.2, 0) is 6.42 Å². The molecule has 1 aromatic heterocycles. The number of amides is 1. The summed E-state index contributed by atoms with van der Waals surface area (Å²) in [6.45, 7) is 0.824. The van der Waals surface area contributed by atoms with Crippen LogP contribution in [0.15, 0.2) is 42.6 Å². The van der Waals surface area contributed by atoms with Crippen molar-refractivity contribution in [2.45, 2.75) is 6.42 Å². The Hall–Kier alpha value is -2.56. The van der Waals surface area contributed by atoms with E-state index in [9.17, 15) is 4.79 Å². The molecule has 2 aromatic rings. The molecular formula is C15H14N2O3. The summed E-state index contributed by atoms with van der Waals surface area (Å²) < 4.78 is 10.6. The van der Waals surface area contributed by atoms with Crippen molar-refractivity contribution in [3.63, 3.8) is 0 Å². The molecule has 0 bridgehead atoms. The number of benzene rings is 1. The van der Waals surface area contributed by atoms with E-state index in [0.29, 0.717) is 12.2 Å². The standard InChI is InChI=1S/C15H14N2O3/c18-15(12-3-1-2-7-16-12)17-8-6-11-4-5-13-14(9-11)20-10-19-13/h1-5,7,9H,6,8,10H2,(H,17,18). The quantitative estimate of drug-likeness (QED) is 0.920. The Labute approximate surface area is 116 Å². The van der Waals surface area contributed by atoms with Gasteiger partial charge in [0.2, 0.25) is 6.79 Å². The number of nitrogens with one attached hydrogen (secondary N) is 1. The number of carbonyl (C=O) groups excluding carboxylic acids is 1. The minimum Gasteiger partial charge on any atom is -0.454 e. The fourth-order valence-corrected chi connectivity index (χ4v) is 2.00. The highest BCUT2D eigenvalue weighted by Crippen LogP contribution is 2.32. The van der Waals surface area contributed by atoms with Crippen LogP contribution in [0.4, 0.5) is 0 Å². The van der Waals surface area contributed by atoms with Crippen molar-refractivity contribution >= 4 is 5.91 Å². The minimum absolute atomic E-state index is 0.161. The van der Waals surface area contributed by atoms with E-state index in [-0.39, 0.29) is 12.7 Å². The molecule has 0 aliphatic carbocycles. The lowest BCUT2D eigenvalue weighted by Crippen LogP contribution is -2.26. The Morgan fingerprint density at radius 3 is 2.95 bits per heavy atom. The van der Waals surface area contributed by atoms with Gasteiger partial charge in [0.1, 0.15) is 5.69 Å². The highest BCUT2D eigenvalue weighted by molar-refractivity contribution is 5.92. The molecule has 0 fully saturated rings. The Kier molecular flexibility index (Phi) is 3.50. The van der Waals surface area contributed by atoms with Crippen molar-refractivity contribution in [2.75, 3.05) is 13.3 Å². The van der Waals surface area contributed by atoms with E-state index < -0.39 is 0 Å². The average Bonchev–Trinajstić information content (AvgIpc) is 2.95. The number of fused-ring (bicyclic) bond motifs is 1. The zero-order valence-electron chi connectivity index (χ0n) is 10.8. The van der Waals surface area contributed by atoms with E-state index in [1.807, 2.05) is 18.2 Å². The summed E-state index contributed by atoms with van der Waals surface area (Å²) >= 11 is 0. The molecule has 0 unspecified atom stereocenters. The Balaban J connectivity index is 1.54. The van der Waals surface area contributed by atoms with Crippen LogP contribution in [0.2, 0.25) is 0 Å². The van der Waals surface area contributed by atoms with Crippen LogP contribution in [0.25, 0.3) is 0 Å². The van der Waals surface area contributed by atoms with Gasteiger partial charge in [0, 0.05) is 12.7 Å². The van der Waals surface area contributed by atoms with Gasteiger partial charge in [0.05, 0.1) is 0 Å². The maximum Gasteiger partial charge on any atom is 0.269 e. The normalized spacial score (nSPS) is 12.2. The molecule has 0 atom stereocenters. The van der Waals surface area contributed by atoms with Gasteiger partial charge in [0.25, 0.3) is 5.91 Å². The largest absolute Gasteiger partial charge is 0.454 e. The first-order chi connectivity index (χ1) is 9.83. The maximum absolute atomic E-state index is 11.8. The molecule has 0 saturated heterocycles. The Bertz CT molecular complexity index is 614. The number of ether oxygens (including phenoxy) is 2. The number of pyridine rings is 1. The van der Waals surface area contributed by atoms with Gasteiger partial charge in [-0.1, -0.05) is 12.1 Å². The number of hydrogen-bond donors (Lipinski definition) is 1. The fourth-order valence-electron chi connectivity index (χ4n) is 2.00. The summed E-state index contributed by atoms with van der Waals surface area (Å²) in [6, 6.07) is 11.1. The second-order valence-electron chi connectivity index (χ2n) is 4.41. The van der Waals surface area contributed by atoms with Crippen LogP contribution in [0.1, 0.15) is 16.1 Å². The molecule has 1 aromatic carbocycles. The fraction of sp³-hybridized carbons (Fsp3) is 0.200. The van der Waals surface area contributed by atoms with E-state index in [2.05, 4.69) is 10.3 Å². The molecule has 0 saturated carbocycles. The van der Waals surface area contributed by atoms with Gasteiger partial charge < -0.3 is 14.8 Å². The number of carbonyl (C=O) groups is 1. The van der Waals surface area contributed by atoms with Crippen molar-refractivity contribution in [2.24, 2.45) is 0 Å². The SMILES string of the molecule is O=C(NCCc1ccc2c(c1)OCO2)c1ccccn1. The highest BCUT2D eigenvalue weighted by atomic mass is 16.7. The number of hydrogen-bond acceptors (Lipinski definition) is 4. The van der Waals surface area contributed by atoms with Crippen molar-refractivity contribution in [1.82, 2.24) is 10.3 Å². The molecule has 1 N–H and O–H groups in total. The summed E-state index contributed by atoms with van der Waals surface area (Å²) in [7, 11) is 0. The summed E-state index contributed by atoms with van der Waals surface area (Å²) in [6.07, 6.45) is 2.34. The lowest BCUT2D eigenvalue weighted by atomic mass is 10.1. The van der Waals surface area contributed by atoms with Gasteiger partial charge >= 0.3 is 0 Å². The summed E-state index contributed by atoms with van der Waals surface area (Å²) in [5, 5.41) is 2.84. The third-order valence-corrected chi connectivity index (χ3v) is 3.03. The van der Waals surface area contributed by atoms with Gasteiger partial charge in [-0.25, -0.2) is 0 Å². The monoisotopic (exact) mass is 270 g/mol. The topological polar surface area (TPSA) is 60.5 Å². The van der Waals surface area contributed by atoms with Crippen LogP contribution < -0.4 is 14.8 Å². The first kappa shape index (κ1) is 12.5. The predicted molar refractivity (Wildman–Crippen MR) is 72.8 cm³/mol. The highest BCUT2D eigenvalue weighted by Gasteiger charge is 2.13. The van der Waals surface area contributed by atoms with Crippen LogP contribution in [-0.4, -0.2) is 24.2 Å². The zero-order chi connectivity index (χ0) is 13.8. The van der Waals surface area contributed by atoms with Crippen LogP contribution in [0.5, 0.6) is 11.5 Å². The molecule has 20 heavy (non-hydrogen) atoms. The van der Waals surface area contributed by atoms with Crippen molar-refractivity contribution < 1.29 is 14.3 Å². The Morgan fingerprint density at radius 2 is 2.10 bits per heavy atom. The van der Waals surface area contributed by atoms with Gasteiger partial charge in [-0.05, 0) is 36.2 Å². The lowest BCUT2D eigenvalue weighted by molar-refractivity contribution is 0.0949. The van der Waals surface area contributed by atoms with E-state index >= 15 is 0 Å². The number of rotatable bonds is 4. The second-order valence-corrected chi connectivity index (χ2v) is 4.41. The van der Waals surface area contributed by atoms with Crippen LogP contribution in [0, 0.1) is 0 Å². The first-order valence-corrected chi connectivity index (χ1v) is 6.41. The molecule has 2 heterocycles. The molecule has 5 heteroatoms. The second kappa shape index (κ2) is 5.61. The molecule has 1 aliphatic heterocycles. The van der Waals surface area contributed by atoms with Crippen LogP contribution >= 0.6 is 0 Å². The minimum atomic E-state index is -0.161. The zero-order valence-corrected chi connectivity index (χ0v) is 10.8. The van der Waals surface area contributed by atoms with Gasteiger partial charge in [0.15, 0.2) is 11.5 Å². The predicted octanol–water partition coefficient (Wildman–Crippen LogP) is 1.78. The third-order valence-electron chi connectivity index (χ3n) is 3.03. The molecule has 102 valence electrons. The van der Waals surface area contributed by atoms with Gasteiger partial charge in [-0.3, -0.25) is 9.78 Å². The third kappa shape index (κ3) is 2.71. The van der Waals surface area contributed by atoms with Crippen LogP contribution in [0.3, 0.4) is 0 Å². The average molecular weight is 270 g/mol. The summed E-state index contributed by atoms with van der Waals surface area (Å²) in [5.74, 6) is 1.37. The molecule has 3 rings (SSSR count). The van der Waals surface area contributed by atoms with Crippen molar-refractivity contribution in [1.29, 1.82) is 0 Å². The molecular weight excluding hydrogens is 256 g/mol. The molecule has 0 spiro atoms. The number of aromatic nitrogens is 1. The molecule has 0 radical (unpaired) electrons. The first-order valence-electron chi connectivity index (χ1n) is 6.41. The van der Waals surface area contributed by atoms with Crippen molar-refractivity contribution in [3.8, 4) is 11.5 Å². The van der Waals surface area contributed by atoms with E-state index in [0.717, 1.165) is 23.5 Å². The summed E-state index contributed by atoms with van der Waals surface area (Å²) in [4.78, 5) is 15.8. The van der Waals surface area contributed by atoms with E-state index in [1.165, 1.54) is 0 Å². The van der Waals surface area contributed by atoms with E-state index in [1.54, 1.807) is 24.4 Å². The van der Waals surface area contributed by atoms with E-state index in [4.69, 9.17) is 9.47 Å². The molecule has 5 nitrogen and oxygen atoms in total. The van der Waals surface area contributed by atoms with Gasteiger partial charge in [-0.2, -0.15) is 0 Å². The maximum atomic E-state index is 11.8.